The highest BCUT2D eigenvalue weighted by Gasteiger charge is 2.07. The number of guanidine groups is 1. The molecule has 2 rings (SSSR count). The lowest BCUT2D eigenvalue weighted by Crippen LogP contribution is -2.40. The van der Waals surface area contributed by atoms with Crippen LogP contribution in [0.15, 0.2) is 52.3 Å². The van der Waals surface area contributed by atoms with Gasteiger partial charge in [0.2, 0.25) is 0 Å². The summed E-state index contributed by atoms with van der Waals surface area (Å²) >= 11 is 0. The molecule has 3 N–H and O–H groups in total. The minimum atomic E-state index is -0.668. The van der Waals surface area contributed by atoms with E-state index in [4.69, 9.17) is 9.15 Å². The molecule has 7 nitrogen and oxygen atoms in total. The second-order valence-electron chi connectivity index (χ2n) is 5.16. The molecule has 0 spiro atoms. The molecule has 0 aliphatic heterocycles. The fourth-order valence-corrected chi connectivity index (χ4v) is 2.07. The van der Waals surface area contributed by atoms with Crippen molar-refractivity contribution in [1.29, 1.82) is 0 Å². The van der Waals surface area contributed by atoms with Crippen molar-refractivity contribution in [3.63, 3.8) is 0 Å². The predicted molar refractivity (Wildman–Crippen MR) is 91.8 cm³/mol. The second-order valence-corrected chi connectivity index (χ2v) is 5.16. The Morgan fingerprint density at radius 3 is 2.79 bits per heavy atom. The van der Waals surface area contributed by atoms with E-state index < -0.39 is 6.10 Å². The largest absolute Gasteiger partial charge is 0.469 e. The van der Waals surface area contributed by atoms with Gasteiger partial charge in [-0.15, -0.1) is 0 Å². The van der Waals surface area contributed by atoms with E-state index in [9.17, 15) is 5.11 Å². The molecule has 1 atom stereocenters. The van der Waals surface area contributed by atoms with Crippen molar-refractivity contribution in [3.05, 3.63) is 54.2 Å². The third kappa shape index (κ3) is 6.39. The fraction of sp³-hybridized carbons (Fsp3) is 0.412. The van der Waals surface area contributed by atoms with Crippen LogP contribution in [0.2, 0.25) is 0 Å². The number of aliphatic hydroxyl groups is 1. The zero-order valence-electron chi connectivity index (χ0n) is 13.8. The number of nitrogens with zero attached hydrogens (tertiary/aromatic N) is 2. The molecule has 0 aliphatic carbocycles. The summed E-state index contributed by atoms with van der Waals surface area (Å²) < 4.78 is 10.3. The number of aromatic nitrogens is 1. The van der Waals surface area contributed by atoms with Gasteiger partial charge in [-0.2, -0.15) is 0 Å². The number of hydrogen-bond donors (Lipinski definition) is 3. The van der Waals surface area contributed by atoms with Crippen molar-refractivity contribution in [2.24, 2.45) is 4.99 Å². The molecule has 7 heteroatoms. The Morgan fingerprint density at radius 2 is 2.08 bits per heavy atom. The van der Waals surface area contributed by atoms with E-state index in [0.29, 0.717) is 25.7 Å². The molecule has 0 amide bonds. The molecule has 2 aromatic rings. The summed E-state index contributed by atoms with van der Waals surface area (Å²) in [6.45, 7) is 2.14. The fourth-order valence-electron chi connectivity index (χ4n) is 2.07. The van der Waals surface area contributed by atoms with Crippen LogP contribution in [0, 0.1) is 0 Å². The number of ether oxygens (including phenoxy) is 1. The van der Waals surface area contributed by atoms with Crippen molar-refractivity contribution in [2.45, 2.75) is 12.5 Å². The predicted octanol–water partition coefficient (Wildman–Crippen LogP) is 1.13. The van der Waals surface area contributed by atoms with Gasteiger partial charge in [0.1, 0.15) is 5.76 Å². The zero-order valence-corrected chi connectivity index (χ0v) is 13.8. The van der Waals surface area contributed by atoms with Crippen molar-refractivity contribution in [3.8, 4) is 0 Å². The first-order chi connectivity index (χ1) is 11.8. The highest BCUT2D eigenvalue weighted by Crippen LogP contribution is 2.10. The number of furan rings is 1. The monoisotopic (exact) mass is 332 g/mol. The highest BCUT2D eigenvalue weighted by molar-refractivity contribution is 5.79. The van der Waals surface area contributed by atoms with Crippen LogP contribution in [0.5, 0.6) is 0 Å². The van der Waals surface area contributed by atoms with E-state index in [0.717, 1.165) is 17.7 Å². The molecule has 0 aromatic carbocycles. The number of methoxy groups -OCH3 is 1. The van der Waals surface area contributed by atoms with E-state index in [1.54, 1.807) is 37.9 Å². The minimum absolute atomic E-state index is 0.257. The molecular weight excluding hydrogens is 308 g/mol. The van der Waals surface area contributed by atoms with Crippen LogP contribution in [0.4, 0.5) is 0 Å². The Kier molecular flexibility index (Phi) is 7.79. The van der Waals surface area contributed by atoms with Gasteiger partial charge in [-0.05, 0) is 29.8 Å². The van der Waals surface area contributed by atoms with Crippen molar-refractivity contribution in [2.75, 3.05) is 33.4 Å². The maximum atomic E-state index is 10.2. The smallest absolute Gasteiger partial charge is 0.191 e. The summed E-state index contributed by atoms with van der Waals surface area (Å²) in [4.78, 5) is 8.37. The van der Waals surface area contributed by atoms with E-state index in [-0.39, 0.29) is 6.54 Å². The molecule has 1 unspecified atom stereocenters. The summed E-state index contributed by atoms with van der Waals surface area (Å²) in [5, 5.41) is 16.6. The van der Waals surface area contributed by atoms with Crippen LogP contribution in [-0.4, -0.2) is 49.4 Å². The summed E-state index contributed by atoms with van der Waals surface area (Å²) in [6.07, 6.45) is 5.06. The lowest BCUT2D eigenvalue weighted by Gasteiger charge is -2.13. The van der Waals surface area contributed by atoms with Gasteiger partial charge in [-0.1, -0.05) is 0 Å². The van der Waals surface area contributed by atoms with Crippen molar-refractivity contribution >= 4 is 5.96 Å². The van der Waals surface area contributed by atoms with Crippen LogP contribution in [-0.2, 0) is 11.2 Å². The van der Waals surface area contributed by atoms with Crippen LogP contribution in [0.3, 0.4) is 0 Å². The maximum absolute atomic E-state index is 10.2. The molecule has 2 aromatic heterocycles. The van der Waals surface area contributed by atoms with E-state index in [1.165, 1.54) is 0 Å². The Morgan fingerprint density at radius 1 is 1.29 bits per heavy atom. The van der Waals surface area contributed by atoms with Gasteiger partial charge >= 0.3 is 0 Å². The van der Waals surface area contributed by atoms with Crippen LogP contribution < -0.4 is 10.6 Å². The van der Waals surface area contributed by atoms with Gasteiger partial charge in [-0.3, -0.25) is 9.98 Å². The summed E-state index contributed by atoms with van der Waals surface area (Å²) in [6, 6.07) is 7.36. The first-order valence-corrected chi connectivity index (χ1v) is 7.91. The third-order valence-electron chi connectivity index (χ3n) is 3.36. The first-order valence-electron chi connectivity index (χ1n) is 7.91. The van der Waals surface area contributed by atoms with Gasteiger partial charge in [-0.25, -0.2) is 0 Å². The highest BCUT2D eigenvalue weighted by atomic mass is 16.5. The Balaban J connectivity index is 1.85. The van der Waals surface area contributed by atoms with E-state index >= 15 is 0 Å². The molecule has 0 saturated carbocycles. The molecular formula is C17H24N4O3. The van der Waals surface area contributed by atoms with Gasteiger partial charge in [0.15, 0.2) is 5.96 Å². The standard InChI is InChI=1S/C17H24N4O3/c1-23-12-10-20-17(19-9-6-15-3-2-11-24-15)21-13-16(22)14-4-7-18-8-5-14/h2-5,7-8,11,16,22H,6,9-10,12-13H2,1H3,(H2,19,20,21). The first kappa shape index (κ1) is 18.0. The summed E-state index contributed by atoms with van der Waals surface area (Å²) in [5.41, 5.74) is 0.792. The Hall–Kier alpha value is -2.38. The number of rotatable bonds is 9. The lowest BCUT2D eigenvalue weighted by atomic mass is 10.1. The molecule has 24 heavy (non-hydrogen) atoms. The molecule has 130 valence electrons. The summed E-state index contributed by atoms with van der Waals surface area (Å²) in [7, 11) is 1.65. The van der Waals surface area contributed by atoms with Crippen LogP contribution >= 0.6 is 0 Å². The molecule has 0 radical (unpaired) electrons. The molecule has 0 aliphatic rings. The number of hydrogen-bond acceptors (Lipinski definition) is 5. The van der Waals surface area contributed by atoms with Crippen LogP contribution in [0.1, 0.15) is 17.4 Å². The number of pyridine rings is 1. The maximum Gasteiger partial charge on any atom is 0.191 e. The van der Waals surface area contributed by atoms with E-state index in [1.807, 2.05) is 12.1 Å². The van der Waals surface area contributed by atoms with E-state index in [2.05, 4.69) is 20.6 Å². The van der Waals surface area contributed by atoms with Crippen molar-refractivity contribution in [1.82, 2.24) is 15.6 Å². The third-order valence-corrected chi connectivity index (χ3v) is 3.36. The SMILES string of the molecule is COCCNC(=NCC(O)c1ccncc1)NCCc1ccco1. The molecule has 2 heterocycles. The Bertz CT molecular complexity index is 587. The Labute approximate surface area is 141 Å². The lowest BCUT2D eigenvalue weighted by molar-refractivity contribution is 0.186. The number of nitrogens with one attached hydrogen (secondary N) is 2. The average molecular weight is 332 g/mol. The topological polar surface area (TPSA) is 91.9 Å². The van der Waals surface area contributed by atoms with Gasteiger partial charge in [0.05, 0.1) is 25.5 Å². The quantitative estimate of drug-likeness (QED) is 0.362. The van der Waals surface area contributed by atoms with Gasteiger partial charge in [0.25, 0.3) is 0 Å². The number of aliphatic imine (C=N–C) groups is 1. The zero-order chi connectivity index (χ0) is 17.0. The molecule has 0 fully saturated rings. The molecule has 0 bridgehead atoms. The second kappa shape index (κ2) is 10.4. The van der Waals surface area contributed by atoms with Gasteiger partial charge in [0, 0.05) is 39.0 Å². The molecule has 0 saturated heterocycles. The van der Waals surface area contributed by atoms with Crippen LogP contribution in [0.25, 0.3) is 0 Å². The minimum Gasteiger partial charge on any atom is -0.469 e. The number of aliphatic hydroxyl groups excluding tert-OH is 1. The van der Waals surface area contributed by atoms with Crippen molar-refractivity contribution < 1.29 is 14.3 Å². The van der Waals surface area contributed by atoms with Gasteiger partial charge < -0.3 is 24.9 Å². The average Bonchev–Trinajstić information content (AvgIpc) is 3.13. The normalized spacial score (nSPS) is 12.8. The summed E-state index contributed by atoms with van der Waals surface area (Å²) in [5.74, 6) is 1.54.